The third-order valence-electron chi connectivity index (χ3n) is 3.11. The molecule has 1 aromatic carbocycles. The predicted octanol–water partition coefficient (Wildman–Crippen LogP) is 4.84. The lowest BCUT2D eigenvalue weighted by atomic mass is 10.1. The second-order valence-corrected chi connectivity index (χ2v) is 6.44. The van der Waals surface area contributed by atoms with Crippen molar-refractivity contribution in [3.63, 3.8) is 0 Å². The summed E-state index contributed by atoms with van der Waals surface area (Å²) in [5.74, 6) is -0.807. The maximum absolute atomic E-state index is 13.0. The number of ether oxygens (including phenoxy) is 2. The third-order valence-corrected chi connectivity index (χ3v) is 4.43. The van der Waals surface area contributed by atoms with E-state index in [1.807, 2.05) is 13.8 Å². The van der Waals surface area contributed by atoms with Gasteiger partial charge in [-0.25, -0.2) is 9.78 Å². The molecule has 25 heavy (non-hydrogen) atoms. The van der Waals surface area contributed by atoms with Crippen molar-refractivity contribution in [1.29, 1.82) is 0 Å². The van der Waals surface area contributed by atoms with Gasteiger partial charge in [-0.3, -0.25) is 0 Å². The Bertz CT molecular complexity index is 772. The number of halogens is 3. The number of rotatable bonds is 5. The van der Waals surface area contributed by atoms with Crippen LogP contribution in [0.25, 0.3) is 0 Å². The topological polar surface area (TPSA) is 74.4 Å². The first-order valence-electron chi connectivity index (χ1n) is 7.45. The van der Waals surface area contributed by atoms with Crippen LogP contribution in [0.15, 0.2) is 18.2 Å². The molecule has 2 N–H and O–H groups in total. The number of anilines is 1. The van der Waals surface area contributed by atoms with E-state index in [9.17, 15) is 18.0 Å². The summed E-state index contributed by atoms with van der Waals surface area (Å²) < 4.78 is 49.3. The number of nitrogens with zero attached hydrogens (tertiary/aromatic N) is 1. The number of alkyl halides is 3. The normalized spacial score (nSPS) is 11.6. The lowest BCUT2D eigenvalue weighted by Gasteiger charge is -2.12. The molecule has 1 aromatic heterocycles. The van der Waals surface area contributed by atoms with Crippen LogP contribution in [0.5, 0.6) is 11.6 Å². The zero-order valence-corrected chi connectivity index (χ0v) is 14.6. The van der Waals surface area contributed by atoms with Crippen LogP contribution in [-0.2, 0) is 10.9 Å². The molecular weight excluding hydrogens is 357 g/mol. The molecule has 0 bridgehead atoms. The van der Waals surface area contributed by atoms with E-state index >= 15 is 0 Å². The SMILES string of the molecule is CCOC(=O)c1sc(C(C)C)nc1Oc1ccc(N)c(C(F)(F)F)c1. The second-order valence-electron chi connectivity index (χ2n) is 5.41. The van der Waals surface area contributed by atoms with Crippen LogP contribution >= 0.6 is 11.3 Å². The first kappa shape index (κ1) is 19.0. The number of nitrogens with two attached hydrogens (primary N) is 1. The van der Waals surface area contributed by atoms with Gasteiger partial charge in [-0.15, -0.1) is 11.3 Å². The van der Waals surface area contributed by atoms with Gasteiger partial charge in [0, 0.05) is 11.6 Å². The summed E-state index contributed by atoms with van der Waals surface area (Å²) >= 11 is 1.09. The maximum atomic E-state index is 13.0. The van der Waals surface area contributed by atoms with Crippen molar-refractivity contribution < 1.29 is 27.4 Å². The fourth-order valence-electron chi connectivity index (χ4n) is 1.92. The quantitative estimate of drug-likeness (QED) is 0.599. The van der Waals surface area contributed by atoms with Crippen LogP contribution in [-0.4, -0.2) is 17.6 Å². The number of nitrogen functional groups attached to an aromatic ring is 1. The van der Waals surface area contributed by atoms with Crippen molar-refractivity contribution in [2.45, 2.75) is 32.9 Å². The molecule has 0 saturated heterocycles. The number of esters is 1. The monoisotopic (exact) mass is 374 g/mol. The molecule has 0 amide bonds. The van der Waals surface area contributed by atoms with Crippen molar-refractivity contribution in [3.8, 4) is 11.6 Å². The molecular formula is C16H17F3N2O3S. The number of carbonyl (C=O) groups excluding carboxylic acids is 1. The van der Waals surface area contributed by atoms with E-state index in [2.05, 4.69) is 4.98 Å². The smallest absolute Gasteiger partial charge is 0.418 e. The van der Waals surface area contributed by atoms with Gasteiger partial charge in [0.15, 0.2) is 4.88 Å². The summed E-state index contributed by atoms with van der Waals surface area (Å²) in [5.41, 5.74) is 3.94. The highest BCUT2D eigenvalue weighted by Gasteiger charge is 2.33. The van der Waals surface area contributed by atoms with E-state index in [1.54, 1.807) is 6.92 Å². The van der Waals surface area contributed by atoms with E-state index in [-0.39, 0.29) is 29.0 Å². The highest BCUT2D eigenvalue weighted by Crippen LogP contribution is 2.38. The van der Waals surface area contributed by atoms with E-state index < -0.39 is 23.4 Å². The minimum atomic E-state index is -4.61. The van der Waals surface area contributed by atoms with Gasteiger partial charge >= 0.3 is 12.1 Å². The van der Waals surface area contributed by atoms with E-state index in [0.717, 1.165) is 23.5 Å². The van der Waals surface area contributed by atoms with Gasteiger partial charge in [-0.05, 0) is 25.1 Å². The van der Waals surface area contributed by atoms with E-state index in [0.29, 0.717) is 5.01 Å². The molecule has 2 rings (SSSR count). The molecule has 0 aliphatic rings. The molecule has 0 saturated carbocycles. The van der Waals surface area contributed by atoms with Crippen LogP contribution in [0.1, 0.15) is 46.9 Å². The van der Waals surface area contributed by atoms with Crippen LogP contribution in [0.4, 0.5) is 18.9 Å². The zero-order chi connectivity index (χ0) is 18.8. The fraction of sp³-hybridized carbons (Fsp3) is 0.375. The molecule has 0 radical (unpaired) electrons. The molecule has 0 fully saturated rings. The minimum absolute atomic E-state index is 0.0210. The van der Waals surface area contributed by atoms with Crippen molar-refractivity contribution >= 4 is 23.0 Å². The number of hydrogen-bond acceptors (Lipinski definition) is 6. The Morgan fingerprint density at radius 3 is 2.60 bits per heavy atom. The standard InChI is InChI=1S/C16H17F3N2O3S/c1-4-23-15(22)12-13(21-14(25-12)8(2)3)24-9-5-6-11(20)10(7-9)16(17,18)19/h5-8H,4,20H2,1-3H3. The molecule has 0 spiro atoms. The molecule has 0 aliphatic heterocycles. The summed E-state index contributed by atoms with van der Waals surface area (Å²) in [7, 11) is 0. The van der Waals surface area contributed by atoms with Crippen molar-refractivity contribution in [3.05, 3.63) is 33.6 Å². The summed E-state index contributed by atoms with van der Waals surface area (Å²) in [4.78, 5) is 16.4. The van der Waals surface area contributed by atoms with Crippen molar-refractivity contribution in [2.75, 3.05) is 12.3 Å². The van der Waals surface area contributed by atoms with Gasteiger partial charge < -0.3 is 15.2 Å². The van der Waals surface area contributed by atoms with Crippen molar-refractivity contribution in [2.24, 2.45) is 0 Å². The lowest BCUT2D eigenvalue weighted by Crippen LogP contribution is -2.09. The van der Waals surface area contributed by atoms with Crippen LogP contribution in [0.3, 0.4) is 0 Å². The Kier molecular flexibility index (Phi) is 5.56. The van der Waals surface area contributed by atoms with Crippen LogP contribution < -0.4 is 10.5 Å². The Hall–Kier alpha value is -2.29. The fourth-order valence-corrected chi connectivity index (χ4v) is 2.81. The first-order valence-corrected chi connectivity index (χ1v) is 8.27. The molecule has 9 heteroatoms. The second kappa shape index (κ2) is 7.30. The number of aromatic nitrogens is 1. The lowest BCUT2D eigenvalue weighted by molar-refractivity contribution is -0.137. The molecule has 0 aliphatic carbocycles. The third kappa shape index (κ3) is 4.41. The molecule has 5 nitrogen and oxygen atoms in total. The van der Waals surface area contributed by atoms with Gasteiger partial charge in [0.2, 0.25) is 5.88 Å². The largest absolute Gasteiger partial charge is 0.462 e. The number of carbonyl (C=O) groups is 1. The van der Waals surface area contributed by atoms with Crippen LogP contribution in [0.2, 0.25) is 0 Å². The Balaban J connectivity index is 2.41. The summed E-state index contributed by atoms with van der Waals surface area (Å²) in [6.45, 7) is 5.57. The molecule has 2 aromatic rings. The first-order chi connectivity index (χ1) is 11.6. The highest BCUT2D eigenvalue weighted by atomic mass is 32.1. The summed E-state index contributed by atoms with van der Waals surface area (Å²) in [6.07, 6.45) is -4.61. The minimum Gasteiger partial charge on any atom is -0.462 e. The number of thiazole rings is 1. The average molecular weight is 374 g/mol. The van der Waals surface area contributed by atoms with E-state index in [4.69, 9.17) is 15.2 Å². The van der Waals surface area contributed by atoms with Gasteiger partial charge in [0.05, 0.1) is 12.2 Å². The van der Waals surface area contributed by atoms with Gasteiger partial charge in [-0.2, -0.15) is 13.2 Å². The van der Waals surface area contributed by atoms with Crippen LogP contribution in [0, 0.1) is 0 Å². The summed E-state index contributed by atoms with van der Waals surface area (Å²) in [6, 6.07) is 3.16. The van der Waals surface area contributed by atoms with Gasteiger partial charge in [0.1, 0.15) is 10.8 Å². The molecule has 0 atom stereocenters. The zero-order valence-electron chi connectivity index (χ0n) is 13.8. The summed E-state index contributed by atoms with van der Waals surface area (Å²) in [5, 5.41) is 0.615. The molecule has 1 heterocycles. The average Bonchev–Trinajstić information content (AvgIpc) is 2.92. The Morgan fingerprint density at radius 2 is 2.04 bits per heavy atom. The van der Waals surface area contributed by atoms with Gasteiger partial charge in [-0.1, -0.05) is 13.8 Å². The number of benzene rings is 1. The van der Waals surface area contributed by atoms with Gasteiger partial charge in [0.25, 0.3) is 0 Å². The number of hydrogen-bond donors (Lipinski definition) is 1. The van der Waals surface area contributed by atoms with Crippen molar-refractivity contribution in [1.82, 2.24) is 4.98 Å². The Morgan fingerprint density at radius 1 is 1.36 bits per heavy atom. The molecule has 0 unspecified atom stereocenters. The predicted molar refractivity (Wildman–Crippen MR) is 88.1 cm³/mol. The van der Waals surface area contributed by atoms with E-state index in [1.165, 1.54) is 6.07 Å². The highest BCUT2D eigenvalue weighted by molar-refractivity contribution is 7.14. The maximum Gasteiger partial charge on any atom is 0.418 e. The molecule has 136 valence electrons. The Labute approximate surface area is 146 Å².